The maximum absolute atomic E-state index is 13.1. The molecule has 1 heterocycles. The van der Waals surface area contributed by atoms with Gasteiger partial charge >= 0.3 is 0 Å². The number of hydrogen-bond acceptors (Lipinski definition) is 4. The van der Waals surface area contributed by atoms with Gasteiger partial charge in [-0.3, -0.25) is 5.84 Å². The number of nitrogens with zero attached hydrogens (tertiary/aromatic N) is 2. The van der Waals surface area contributed by atoms with Crippen molar-refractivity contribution in [3.05, 3.63) is 58.3 Å². The first kappa shape index (κ1) is 12.1. The van der Waals surface area contributed by atoms with Gasteiger partial charge in [0.1, 0.15) is 12.1 Å². The fourth-order valence-electron chi connectivity index (χ4n) is 1.54. The normalized spacial score (nSPS) is 12.4. The van der Waals surface area contributed by atoms with Gasteiger partial charge in [0, 0.05) is 18.0 Å². The van der Waals surface area contributed by atoms with Crippen LogP contribution in [0.15, 0.2) is 41.4 Å². The molecule has 0 aliphatic heterocycles. The molecule has 1 aromatic heterocycles. The molecule has 0 radical (unpaired) electrons. The van der Waals surface area contributed by atoms with E-state index in [1.54, 1.807) is 24.5 Å². The highest BCUT2D eigenvalue weighted by Gasteiger charge is 2.14. The Morgan fingerprint density at radius 3 is 2.53 bits per heavy atom. The molecule has 2 rings (SSSR count). The number of nitrogens with one attached hydrogen (secondary N) is 1. The van der Waals surface area contributed by atoms with E-state index in [9.17, 15) is 4.39 Å². The van der Waals surface area contributed by atoms with Crippen molar-refractivity contribution in [2.45, 2.75) is 6.04 Å². The SMILES string of the molecule is NNC(c1cncnc1)c1ccc(F)c(Br)c1. The summed E-state index contributed by atoms with van der Waals surface area (Å²) in [5.74, 6) is 5.20. The highest BCUT2D eigenvalue weighted by Crippen LogP contribution is 2.24. The number of benzene rings is 1. The minimum atomic E-state index is -0.311. The molecule has 4 nitrogen and oxygen atoms in total. The lowest BCUT2D eigenvalue weighted by Gasteiger charge is -2.16. The predicted molar refractivity (Wildman–Crippen MR) is 65.3 cm³/mol. The fraction of sp³-hybridized carbons (Fsp3) is 0.0909. The van der Waals surface area contributed by atoms with E-state index in [-0.39, 0.29) is 11.9 Å². The molecule has 88 valence electrons. The molecule has 0 amide bonds. The second kappa shape index (κ2) is 5.31. The van der Waals surface area contributed by atoms with E-state index in [1.807, 2.05) is 0 Å². The third-order valence-electron chi connectivity index (χ3n) is 2.36. The molecule has 1 aromatic carbocycles. The molecule has 2 aromatic rings. The van der Waals surface area contributed by atoms with E-state index in [0.29, 0.717) is 4.47 Å². The van der Waals surface area contributed by atoms with E-state index in [1.165, 1.54) is 12.4 Å². The number of hydrogen-bond donors (Lipinski definition) is 2. The van der Waals surface area contributed by atoms with Crippen LogP contribution in [0, 0.1) is 5.82 Å². The molecule has 3 N–H and O–H groups in total. The van der Waals surface area contributed by atoms with Crippen LogP contribution < -0.4 is 11.3 Å². The van der Waals surface area contributed by atoms with Crippen molar-refractivity contribution in [2.24, 2.45) is 5.84 Å². The number of nitrogens with two attached hydrogens (primary N) is 1. The van der Waals surface area contributed by atoms with Crippen LogP contribution in [-0.4, -0.2) is 9.97 Å². The zero-order valence-electron chi connectivity index (χ0n) is 8.77. The number of hydrazine groups is 1. The maximum Gasteiger partial charge on any atom is 0.137 e. The van der Waals surface area contributed by atoms with Gasteiger partial charge in [0.2, 0.25) is 0 Å². The Kier molecular flexibility index (Phi) is 3.78. The van der Waals surface area contributed by atoms with E-state index < -0.39 is 0 Å². The lowest BCUT2D eigenvalue weighted by atomic mass is 10.0. The quantitative estimate of drug-likeness (QED) is 0.671. The summed E-state index contributed by atoms with van der Waals surface area (Å²) in [4.78, 5) is 7.85. The Morgan fingerprint density at radius 2 is 1.94 bits per heavy atom. The Bertz CT molecular complexity index is 506. The van der Waals surface area contributed by atoms with Gasteiger partial charge < -0.3 is 0 Å². The topological polar surface area (TPSA) is 63.8 Å². The molecule has 0 fully saturated rings. The number of aromatic nitrogens is 2. The summed E-state index contributed by atoms with van der Waals surface area (Å²) < 4.78 is 13.5. The van der Waals surface area contributed by atoms with Crippen molar-refractivity contribution < 1.29 is 4.39 Å². The summed E-state index contributed by atoms with van der Waals surface area (Å²) in [5.41, 5.74) is 4.30. The second-order valence-corrected chi connectivity index (χ2v) is 4.30. The van der Waals surface area contributed by atoms with E-state index >= 15 is 0 Å². The zero-order chi connectivity index (χ0) is 12.3. The molecule has 0 spiro atoms. The Balaban J connectivity index is 2.39. The van der Waals surface area contributed by atoms with Crippen molar-refractivity contribution >= 4 is 15.9 Å². The second-order valence-electron chi connectivity index (χ2n) is 3.45. The standard InChI is InChI=1S/C11H10BrFN4/c12-9-3-7(1-2-10(9)13)11(17-14)8-4-15-6-16-5-8/h1-6,11,17H,14H2. The van der Waals surface area contributed by atoms with Gasteiger partial charge in [-0.05, 0) is 33.6 Å². The van der Waals surface area contributed by atoms with Gasteiger partial charge in [0.15, 0.2) is 0 Å². The largest absolute Gasteiger partial charge is 0.271 e. The first-order valence-corrected chi connectivity index (χ1v) is 5.67. The van der Waals surface area contributed by atoms with Crippen LogP contribution in [0.3, 0.4) is 0 Å². The van der Waals surface area contributed by atoms with Crippen molar-refractivity contribution in [3.8, 4) is 0 Å². The first-order valence-electron chi connectivity index (χ1n) is 4.88. The Labute approximate surface area is 106 Å². The summed E-state index contributed by atoms with van der Waals surface area (Å²) in [6, 6.07) is 4.45. The molecule has 6 heteroatoms. The van der Waals surface area contributed by atoms with Crippen molar-refractivity contribution in [3.63, 3.8) is 0 Å². The summed E-state index contributed by atoms with van der Waals surface area (Å²) in [6.45, 7) is 0. The molecule has 0 aliphatic carbocycles. The van der Waals surface area contributed by atoms with Crippen LogP contribution >= 0.6 is 15.9 Å². The lowest BCUT2D eigenvalue weighted by Crippen LogP contribution is -2.29. The smallest absolute Gasteiger partial charge is 0.137 e. The lowest BCUT2D eigenvalue weighted by molar-refractivity contribution is 0.608. The van der Waals surface area contributed by atoms with Gasteiger partial charge in [-0.2, -0.15) is 0 Å². The minimum Gasteiger partial charge on any atom is -0.271 e. The van der Waals surface area contributed by atoms with Crippen LogP contribution in [0.4, 0.5) is 4.39 Å². The molecule has 17 heavy (non-hydrogen) atoms. The van der Waals surface area contributed by atoms with E-state index in [2.05, 4.69) is 31.3 Å². The molecule has 0 saturated carbocycles. The van der Waals surface area contributed by atoms with Crippen molar-refractivity contribution in [1.29, 1.82) is 0 Å². The first-order chi connectivity index (χ1) is 8.22. The van der Waals surface area contributed by atoms with Gasteiger partial charge in [0.25, 0.3) is 0 Å². The van der Waals surface area contributed by atoms with Crippen LogP contribution in [0.1, 0.15) is 17.2 Å². The Morgan fingerprint density at radius 1 is 1.24 bits per heavy atom. The van der Waals surface area contributed by atoms with E-state index in [0.717, 1.165) is 11.1 Å². The number of rotatable bonds is 3. The predicted octanol–water partition coefficient (Wildman–Crippen LogP) is 1.93. The van der Waals surface area contributed by atoms with Crippen LogP contribution in [-0.2, 0) is 0 Å². The van der Waals surface area contributed by atoms with Gasteiger partial charge in [-0.15, -0.1) is 0 Å². The number of halogens is 2. The third kappa shape index (κ3) is 2.66. The average molecular weight is 297 g/mol. The summed E-state index contributed by atoms with van der Waals surface area (Å²) >= 11 is 3.14. The molecule has 1 unspecified atom stereocenters. The maximum atomic E-state index is 13.1. The third-order valence-corrected chi connectivity index (χ3v) is 2.97. The average Bonchev–Trinajstić information content (AvgIpc) is 2.36. The fourth-order valence-corrected chi connectivity index (χ4v) is 1.93. The minimum absolute atomic E-state index is 0.270. The Hall–Kier alpha value is -1.37. The molecule has 0 aliphatic rings. The van der Waals surface area contributed by atoms with Crippen LogP contribution in [0.25, 0.3) is 0 Å². The molecule has 1 atom stereocenters. The molecule has 0 bridgehead atoms. The summed E-state index contributed by atoms with van der Waals surface area (Å²) in [7, 11) is 0. The van der Waals surface area contributed by atoms with Crippen LogP contribution in [0.2, 0.25) is 0 Å². The van der Waals surface area contributed by atoms with Gasteiger partial charge in [0.05, 0.1) is 10.5 Å². The monoisotopic (exact) mass is 296 g/mol. The molecular weight excluding hydrogens is 287 g/mol. The molecular formula is C11H10BrFN4. The molecule has 0 saturated heterocycles. The van der Waals surface area contributed by atoms with Crippen molar-refractivity contribution in [1.82, 2.24) is 15.4 Å². The van der Waals surface area contributed by atoms with Crippen LogP contribution in [0.5, 0.6) is 0 Å². The van der Waals surface area contributed by atoms with E-state index in [4.69, 9.17) is 5.84 Å². The van der Waals surface area contributed by atoms with Crippen molar-refractivity contribution in [2.75, 3.05) is 0 Å². The van der Waals surface area contributed by atoms with Gasteiger partial charge in [-0.25, -0.2) is 19.8 Å². The summed E-state index contributed by atoms with van der Waals surface area (Å²) in [6.07, 6.45) is 4.77. The highest BCUT2D eigenvalue weighted by molar-refractivity contribution is 9.10. The van der Waals surface area contributed by atoms with Gasteiger partial charge in [-0.1, -0.05) is 6.07 Å². The summed E-state index contributed by atoms with van der Waals surface area (Å²) in [5, 5.41) is 0. The zero-order valence-corrected chi connectivity index (χ0v) is 10.4. The highest BCUT2D eigenvalue weighted by atomic mass is 79.9.